The van der Waals surface area contributed by atoms with Crippen LogP contribution in [0.25, 0.3) is 0 Å². The van der Waals surface area contributed by atoms with E-state index in [0.29, 0.717) is 31.9 Å². The summed E-state index contributed by atoms with van der Waals surface area (Å²) < 4.78 is 11.0. The number of rotatable bonds is 10. The van der Waals surface area contributed by atoms with Gasteiger partial charge in [-0.15, -0.1) is 0 Å². The molecule has 0 aliphatic rings. The van der Waals surface area contributed by atoms with Gasteiger partial charge in [0, 0.05) is 38.8 Å². The molecule has 0 spiro atoms. The number of nitriles is 1. The summed E-state index contributed by atoms with van der Waals surface area (Å²) >= 11 is 0. The van der Waals surface area contributed by atoms with Gasteiger partial charge in [0.1, 0.15) is 5.75 Å². The van der Waals surface area contributed by atoms with E-state index in [4.69, 9.17) is 14.7 Å². The van der Waals surface area contributed by atoms with Gasteiger partial charge in [0.05, 0.1) is 24.8 Å². The molecule has 0 saturated carbocycles. The highest BCUT2D eigenvalue weighted by atomic mass is 16.5. The molecule has 0 bridgehead atoms. The topological polar surface area (TPSA) is 78.7 Å². The van der Waals surface area contributed by atoms with Crippen LogP contribution < -0.4 is 15.4 Å². The molecule has 0 radical (unpaired) electrons. The van der Waals surface area contributed by atoms with Crippen LogP contribution in [0, 0.1) is 18.3 Å². The lowest BCUT2D eigenvalue weighted by molar-refractivity contribution is 0.172. The van der Waals surface area contributed by atoms with Gasteiger partial charge in [0.25, 0.3) is 0 Å². The molecule has 2 aromatic rings. The van der Waals surface area contributed by atoms with Gasteiger partial charge in [-0.05, 0) is 43.2 Å². The molecule has 0 aliphatic heterocycles. The van der Waals surface area contributed by atoms with E-state index in [-0.39, 0.29) is 0 Å². The Morgan fingerprint density at radius 2 is 2.00 bits per heavy atom. The summed E-state index contributed by atoms with van der Waals surface area (Å²) in [6, 6.07) is 15.9. The number of nitrogens with one attached hydrogen (secondary N) is 2. The van der Waals surface area contributed by atoms with Gasteiger partial charge in [0.2, 0.25) is 0 Å². The zero-order chi connectivity index (χ0) is 20.9. The van der Waals surface area contributed by atoms with Crippen LogP contribution in [0.2, 0.25) is 0 Å². The van der Waals surface area contributed by atoms with E-state index in [1.54, 1.807) is 13.2 Å². The van der Waals surface area contributed by atoms with Gasteiger partial charge < -0.3 is 20.1 Å². The van der Waals surface area contributed by atoms with Crippen LogP contribution in [-0.2, 0) is 17.8 Å². The molecule has 0 aliphatic carbocycles. The van der Waals surface area contributed by atoms with Crippen molar-refractivity contribution in [3.63, 3.8) is 0 Å². The van der Waals surface area contributed by atoms with Crippen LogP contribution in [-0.4, -0.2) is 32.8 Å². The van der Waals surface area contributed by atoms with Crippen LogP contribution in [0.4, 0.5) is 0 Å². The third kappa shape index (κ3) is 7.84. The van der Waals surface area contributed by atoms with Crippen molar-refractivity contribution in [1.82, 2.24) is 10.6 Å². The summed E-state index contributed by atoms with van der Waals surface area (Å²) in [5, 5.41) is 15.7. The molecule has 29 heavy (non-hydrogen) atoms. The summed E-state index contributed by atoms with van der Waals surface area (Å²) in [6.07, 6.45) is 0.850. The first kappa shape index (κ1) is 22.3. The van der Waals surface area contributed by atoms with E-state index >= 15 is 0 Å². The molecule has 0 fully saturated rings. The van der Waals surface area contributed by atoms with Gasteiger partial charge in [-0.1, -0.05) is 24.3 Å². The average molecular weight is 395 g/mol. The molecule has 2 N–H and O–H groups in total. The summed E-state index contributed by atoms with van der Waals surface area (Å²) in [5.74, 6) is 1.60. The zero-order valence-corrected chi connectivity index (χ0v) is 17.5. The van der Waals surface area contributed by atoms with Crippen molar-refractivity contribution in [3.05, 3.63) is 64.7 Å². The molecule has 6 heteroatoms. The Balaban J connectivity index is 2.02. The van der Waals surface area contributed by atoms with Crippen LogP contribution in [0.5, 0.6) is 5.75 Å². The highest BCUT2D eigenvalue weighted by molar-refractivity contribution is 5.79. The summed E-state index contributed by atoms with van der Waals surface area (Å²) in [6.45, 7) is 7.25. The SMILES string of the molecule is CCNC(=NCc1cccc(C#N)c1)NCc1ccc(C)cc1OCCCOC. The molecule has 0 atom stereocenters. The van der Waals surface area contributed by atoms with Crippen molar-refractivity contribution in [2.45, 2.75) is 33.4 Å². The second-order valence-corrected chi connectivity index (χ2v) is 6.67. The lowest BCUT2D eigenvalue weighted by Crippen LogP contribution is -2.36. The minimum Gasteiger partial charge on any atom is -0.493 e. The number of methoxy groups -OCH3 is 1. The zero-order valence-electron chi connectivity index (χ0n) is 17.5. The van der Waals surface area contributed by atoms with E-state index < -0.39 is 0 Å². The van der Waals surface area contributed by atoms with E-state index in [0.717, 1.165) is 41.4 Å². The quantitative estimate of drug-likeness (QED) is 0.366. The van der Waals surface area contributed by atoms with E-state index in [9.17, 15) is 0 Å². The molecule has 0 unspecified atom stereocenters. The minimum absolute atomic E-state index is 0.499. The molecular formula is C23H30N4O2. The van der Waals surface area contributed by atoms with Crippen molar-refractivity contribution in [3.8, 4) is 11.8 Å². The number of hydrogen-bond acceptors (Lipinski definition) is 4. The molecule has 0 aromatic heterocycles. The second kappa shape index (κ2) is 12.4. The fraction of sp³-hybridized carbons (Fsp3) is 0.391. The lowest BCUT2D eigenvalue weighted by Gasteiger charge is -2.15. The maximum atomic E-state index is 9.04. The average Bonchev–Trinajstić information content (AvgIpc) is 2.74. The Morgan fingerprint density at radius 3 is 2.76 bits per heavy atom. The lowest BCUT2D eigenvalue weighted by atomic mass is 10.1. The Labute approximate surface area is 173 Å². The van der Waals surface area contributed by atoms with Crippen molar-refractivity contribution in [1.29, 1.82) is 5.26 Å². The van der Waals surface area contributed by atoms with Crippen molar-refractivity contribution < 1.29 is 9.47 Å². The fourth-order valence-electron chi connectivity index (χ4n) is 2.76. The fourth-order valence-corrected chi connectivity index (χ4v) is 2.76. The molecule has 0 heterocycles. The second-order valence-electron chi connectivity index (χ2n) is 6.67. The Morgan fingerprint density at radius 1 is 1.14 bits per heavy atom. The highest BCUT2D eigenvalue weighted by Crippen LogP contribution is 2.20. The van der Waals surface area contributed by atoms with E-state index in [1.165, 1.54) is 0 Å². The molecule has 0 saturated heterocycles. The van der Waals surface area contributed by atoms with Gasteiger partial charge in [-0.25, -0.2) is 4.99 Å². The standard InChI is InChI=1S/C23H30N4O2/c1-4-25-23(26-16-20-8-5-7-19(14-20)15-24)27-17-21-10-9-18(2)13-22(21)29-12-6-11-28-3/h5,7-10,13-14H,4,6,11-12,16-17H2,1-3H3,(H2,25,26,27). The van der Waals surface area contributed by atoms with Gasteiger partial charge in [-0.2, -0.15) is 5.26 Å². The number of nitrogens with zero attached hydrogens (tertiary/aromatic N) is 2. The summed E-state index contributed by atoms with van der Waals surface area (Å²) in [4.78, 5) is 4.64. The number of aliphatic imine (C=N–C) groups is 1. The largest absolute Gasteiger partial charge is 0.493 e. The first-order valence-corrected chi connectivity index (χ1v) is 9.88. The molecule has 2 rings (SSSR count). The molecule has 2 aromatic carbocycles. The number of benzene rings is 2. The first-order chi connectivity index (χ1) is 14.2. The number of hydrogen-bond donors (Lipinski definition) is 2. The van der Waals surface area contributed by atoms with Crippen molar-refractivity contribution in [2.75, 3.05) is 26.9 Å². The van der Waals surface area contributed by atoms with Crippen LogP contribution in [0.3, 0.4) is 0 Å². The highest BCUT2D eigenvalue weighted by Gasteiger charge is 2.06. The molecule has 0 amide bonds. The third-order valence-corrected chi connectivity index (χ3v) is 4.24. The minimum atomic E-state index is 0.499. The van der Waals surface area contributed by atoms with Gasteiger partial charge in [0.15, 0.2) is 5.96 Å². The smallest absolute Gasteiger partial charge is 0.191 e. The van der Waals surface area contributed by atoms with Crippen molar-refractivity contribution in [2.24, 2.45) is 4.99 Å². The number of aryl methyl sites for hydroxylation is 1. The van der Waals surface area contributed by atoms with E-state index in [2.05, 4.69) is 46.8 Å². The maximum Gasteiger partial charge on any atom is 0.191 e. The van der Waals surface area contributed by atoms with Crippen LogP contribution in [0.1, 0.15) is 35.6 Å². The monoisotopic (exact) mass is 394 g/mol. The number of ether oxygens (including phenoxy) is 2. The molecule has 154 valence electrons. The normalized spacial score (nSPS) is 11.0. The maximum absolute atomic E-state index is 9.04. The first-order valence-electron chi connectivity index (χ1n) is 9.88. The Kier molecular flexibility index (Phi) is 9.53. The third-order valence-electron chi connectivity index (χ3n) is 4.24. The van der Waals surface area contributed by atoms with Crippen LogP contribution in [0.15, 0.2) is 47.5 Å². The molecule has 6 nitrogen and oxygen atoms in total. The number of guanidine groups is 1. The van der Waals surface area contributed by atoms with Gasteiger partial charge >= 0.3 is 0 Å². The Bertz CT molecular complexity index is 843. The molecular weight excluding hydrogens is 364 g/mol. The van der Waals surface area contributed by atoms with E-state index in [1.807, 2.05) is 25.1 Å². The van der Waals surface area contributed by atoms with Crippen molar-refractivity contribution >= 4 is 5.96 Å². The predicted octanol–water partition coefficient (Wildman–Crippen LogP) is 3.54. The van der Waals surface area contributed by atoms with Crippen LogP contribution >= 0.6 is 0 Å². The predicted molar refractivity (Wildman–Crippen MR) is 116 cm³/mol. The summed E-state index contributed by atoms with van der Waals surface area (Å²) in [7, 11) is 1.69. The summed E-state index contributed by atoms with van der Waals surface area (Å²) in [5.41, 5.74) is 3.88. The Hall–Kier alpha value is -3.04. The van der Waals surface area contributed by atoms with Gasteiger partial charge in [-0.3, -0.25) is 0 Å².